The highest BCUT2D eigenvalue weighted by atomic mass is 16.6. The second-order valence-corrected chi connectivity index (χ2v) is 5.17. The van der Waals surface area contributed by atoms with Gasteiger partial charge in [-0.2, -0.15) is 0 Å². The molecule has 1 fully saturated rings. The quantitative estimate of drug-likeness (QED) is 0.651. The Balaban J connectivity index is 2.10. The molecule has 0 spiro atoms. The summed E-state index contributed by atoms with van der Waals surface area (Å²) in [6.45, 7) is 3.61. The summed E-state index contributed by atoms with van der Waals surface area (Å²) in [4.78, 5) is 22.6. The molecule has 6 heteroatoms. The van der Waals surface area contributed by atoms with E-state index in [0.717, 1.165) is 32.4 Å². The zero-order valence-electron chi connectivity index (χ0n) is 11.5. The van der Waals surface area contributed by atoms with Gasteiger partial charge in [0.25, 0.3) is 11.6 Å². The average molecular weight is 277 g/mol. The molecule has 0 bridgehead atoms. The molecule has 1 aromatic carbocycles. The first kappa shape index (κ1) is 14.5. The molecule has 6 nitrogen and oxygen atoms in total. The molecule has 0 aromatic heterocycles. The predicted octanol–water partition coefficient (Wildman–Crippen LogP) is 1.78. The first-order valence-corrected chi connectivity index (χ1v) is 6.84. The summed E-state index contributed by atoms with van der Waals surface area (Å²) in [6.07, 6.45) is 2.85. The van der Waals surface area contributed by atoms with Crippen LogP contribution in [0, 0.1) is 17.0 Å². The molecular formula is C14H19N3O3. The number of hydrogen-bond acceptors (Lipinski definition) is 4. The Hall–Kier alpha value is -1.95. The van der Waals surface area contributed by atoms with Crippen molar-refractivity contribution in [2.24, 2.45) is 0 Å². The van der Waals surface area contributed by atoms with Crippen LogP contribution >= 0.6 is 0 Å². The number of rotatable bonds is 3. The third-order valence-electron chi connectivity index (χ3n) is 3.45. The van der Waals surface area contributed by atoms with Crippen molar-refractivity contribution in [3.63, 3.8) is 0 Å². The molecule has 1 saturated heterocycles. The molecule has 108 valence electrons. The molecule has 0 aliphatic carbocycles. The zero-order valence-corrected chi connectivity index (χ0v) is 11.5. The van der Waals surface area contributed by atoms with E-state index in [1.165, 1.54) is 12.1 Å². The Labute approximate surface area is 117 Å². The number of hydrogen-bond donors (Lipinski definition) is 2. The minimum Gasteiger partial charge on any atom is -0.349 e. The van der Waals surface area contributed by atoms with Gasteiger partial charge >= 0.3 is 0 Å². The normalized spacial score (nSPS) is 19.1. The van der Waals surface area contributed by atoms with Crippen molar-refractivity contribution in [1.82, 2.24) is 10.6 Å². The minimum absolute atomic E-state index is 0.0438. The van der Waals surface area contributed by atoms with E-state index in [4.69, 9.17) is 0 Å². The van der Waals surface area contributed by atoms with Crippen LogP contribution in [0.15, 0.2) is 18.2 Å². The molecule has 1 aliphatic rings. The van der Waals surface area contributed by atoms with Crippen LogP contribution in [0.1, 0.15) is 35.2 Å². The molecule has 1 aromatic rings. The predicted molar refractivity (Wildman–Crippen MR) is 75.8 cm³/mol. The second kappa shape index (κ2) is 6.47. The smallest absolute Gasteiger partial charge is 0.270 e. The van der Waals surface area contributed by atoms with E-state index in [0.29, 0.717) is 11.1 Å². The van der Waals surface area contributed by atoms with E-state index in [1.807, 2.05) is 0 Å². The molecule has 1 atom stereocenters. The summed E-state index contributed by atoms with van der Waals surface area (Å²) in [5.41, 5.74) is 1.03. The number of benzene rings is 1. The van der Waals surface area contributed by atoms with Gasteiger partial charge in [0.2, 0.25) is 0 Å². The van der Waals surface area contributed by atoms with E-state index in [1.54, 1.807) is 13.0 Å². The summed E-state index contributed by atoms with van der Waals surface area (Å²) in [5.74, 6) is -0.233. The molecule has 1 amide bonds. The van der Waals surface area contributed by atoms with Gasteiger partial charge in [-0.1, -0.05) is 0 Å². The topological polar surface area (TPSA) is 84.3 Å². The number of carbonyl (C=O) groups is 1. The number of nitrogens with zero attached hydrogens (tertiary/aromatic N) is 1. The standard InChI is InChI=1S/C14H19N3O3/c1-10-7-11(9-13(8-10)17(19)20)14(18)16-12-3-2-5-15-6-4-12/h7-9,12,15H,2-6H2,1H3,(H,16,18). The van der Waals surface area contributed by atoms with Crippen LogP contribution < -0.4 is 10.6 Å². The highest BCUT2D eigenvalue weighted by molar-refractivity contribution is 5.95. The number of amides is 1. The van der Waals surface area contributed by atoms with E-state index >= 15 is 0 Å². The number of carbonyl (C=O) groups excluding carboxylic acids is 1. The number of nitro groups is 1. The van der Waals surface area contributed by atoms with Crippen LogP contribution in [0.4, 0.5) is 5.69 Å². The van der Waals surface area contributed by atoms with E-state index < -0.39 is 4.92 Å². The third kappa shape index (κ3) is 3.77. The van der Waals surface area contributed by atoms with Gasteiger partial charge in [-0.3, -0.25) is 14.9 Å². The highest BCUT2D eigenvalue weighted by Gasteiger charge is 2.18. The van der Waals surface area contributed by atoms with Crippen LogP contribution in [0.5, 0.6) is 0 Å². The molecule has 1 heterocycles. The summed E-state index contributed by atoms with van der Waals surface area (Å²) in [5, 5.41) is 17.1. The van der Waals surface area contributed by atoms with Gasteiger partial charge in [0.1, 0.15) is 0 Å². The fourth-order valence-electron chi connectivity index (χ4n) is 2.43. The van der Waals surface area contributed by atoms with Gasteiger partial charge in [0.15, 0.2) is 0 Å². The summed E-state index contributed by atoms with van der Waals surface area (Å²) >= 11 is 0. The molecule has 0 saturated carbocycles. The molecule has 2 rings (SSSR count). The van der Waals surface area contributed by atoms with Crippen molar-refractivity contribution in [3.05, 3.63) is 39.4 Å². The number of non-ortho nitro benzene ring substituents is 1. The maximum Gasteiger partial charge on any atom is 0.270 e. The van der Waals surface area contributed by atoms with Gasteiger partial charge < -0.3 is 10.6 Å². The first-order chi connectivity index (χ1) is 9.56. The van der Waals surface area contributed by atoms with Crippen LogP contribution in [0.3, 0.4) is 0 Å². The largest absolute Gasteiger partial charge is 0.349 e. The van der Waals surface area contributed by atoms with E-state index in [2.05, 4.69) is 10.6 Å². The van der Waals surface area contributed by atoms with Crippen LogP contribution in [-0.4, -0.2) is 30.0 Å². The van der Waals surface area contributed by atoms with Crippen molar-refractivity contribution in [3.8, 4) is 0 Å². The second-order valence-electron chi connectivity index (χ2n) is 5.17. The van der Waals surface area contributed by atoms with Crippen molar-refractivity contribution in [2.75, 3.05) is 13.1 Å². The van der Waals surface area contributed by atoms with Crippen LogP contribution in [-0.2, 0) is 0 Å². The highest BCUT2D eigenvalue weighted by Crippen LogP contribution is 2.17. The monoisotopic (exact) mass is 277 g/mol. The number of nitro benzene ring substituents is 1. The third-order valence-corrected chi connectivity index (χ3v) is 3.45. The fraction of sp³-hybridized carbons (Fsp3) is 0.500. The fourth-order valence-corrected chi connectivity index (χ4v) is 2.43. The Morgan fingerprint density at radius 1 is 1.35 bits per heavy atom. The van der Waals surface area contributed by atoms with Gasteiger partial charge in [-0.25, -0.2) is 0 Å². The van der Waals surface area contributed by atoms with Crippen molar-refractivity contribution >= 4 is 11.6 Å². The Bertz CT molecular complexity index is 508. The SMILES string of the molecule is Cc1cc(C(=O)NC2CCCNCC2)cc([N+](=O)[O-])c1. The number of aryl methyl sites for hydroxylation is 1. The summed E-state index contributed by atoms with van der Waals surface area (Å²) in [6, 6.07) is 4.61. The molecule has 20 heavy (non-hydrogen) atoms. The Morgan fingerprint density at radius 3 is 2.90 bits per heavy atom. The lowest BCUT2D eigenvalue weighted by molar-refractivity contribution is -0.384. The first-order valence-electron chi connectivity index (χ1n) is 6.84. The average Bonchev–Trinajstić information content (AvgIpc) is 2.66. The van der Waals surface area contributed by atoms with Gasteiger partial charge in [-0.05, 0) is 50.9 Å². The molecule has 0 radical (unpaired) electrons. The van der Waals surface area contributed by atoms with Crippen molar-refractivity contribution in [1.29, 1.82) is 0 Å². The van der Waals surface area contributed by atoms with E-state index in [9.17, 15) is 14.9 Å². The Morgan fingerprint density at radius 2 is 2.15 bits per heavy atom. The maximum atomic E-state index is 12.2. The van der Waals surface area contributed by atoms with Crippen molar-refractivity contribution < 1.29 is 9.72 Å². The molecule has 1 unspecified atom stereocenters. The van der Waals surface area contributed by atoms with Gasteiger partial charge in [-0.15, -0.1) is 0 Å². The zero-order chi connectivity index (χ0) is 14.5. The summed E-state index contributed by atoms with van der Waals surface area (Å²) in [7, 11) is 0. The van der Waals surface area contributed by atoms with Crippen molar-refractivity contribution in [2.45, 2.75) is 32.2 Å². The maximum absolute atomic E-state index is 12.2. The molecule has 2 N–H and O–H groups in total. The van der Waals surface area contributed by atoms with E-state index in [-0.39, 0.29) is 17.6 Å². The van der Waals surface area contributed by atoms with Gasteiger partial charge in [0, 0.05) is 23.7 Å². The number of nitrogens with one attached hydrogen (secondary N) is 2. The summed E-state index contributed by atoms with van der Waals surface area (Å²) < 4.78 is 0. The molecule has 1 aliphatic heterocycles. The van der Waals surface area contributed by atoms with Gasteiger partial charge in [0.05, 0.1) is 4.92 Å². The van der Waals surface area contributed by atoms with Crippen LogP contribution in [0.25, 0.3) is 0 Å². The van der Waals surface area contributed by atoms with Crippen LogP contribution in [0.2, 0.25) is 0 Å². The minimum atomic E-state index is -0.473. The lowest BCUT2D eigenvalue weighted by atomic mass is 10.1. The Kier molecular flexibility index (Phi) is 4.68. The molecular weight excluding hydrogens is 258 g/mol. The lowest BCUT2D eigenvalue weighted by Gasteiger charge is -2.16. The lowest BCUT2D eigenvalue weighted by Crippen LogP contribution is -2.35.